The first kappa shape index (κ1) is 19.8. The quantitative estimate of drug-likeness (QED) is 0.644. The van der Waals surface area contributed by atoms with Crippen LogP contribution in [-0.2, 0) is 22.8 Å². The van der Waals surface area contributed by atoms with Gasteiger partial charge in [-0.25, -0.2) is 8.42 Å². The Labute approximate surface area is 175 Å². The first-order valence-corrected chi connectivity index (χ1v) is 12.7. The van der Waals surface area contributed by atoms with E-state index in [1.807, 2.05) is 30.3 Å². The molecule has 0 spiro atoms. The number of aryl methyl sites for hydroxylation is 1. The summed E-state index contributed by atoms with van der Waals surface area (Å²) in [6.07, 6.45) is 2.09. The van der Waals surface area contributed by atoms with Gasteiger partial charge in [0.15, 0.2) is 15.0 Å². The lowest BCUT2D eigenvalue weighted by molar-refractivity contribution is 0.343. The Balaban J connectivity index is 1.43. The van der Waals surface area contributed by atoms with Crippen LogP contribution in [-0.4, -0.2) is 47.8 Å². The van der Waals surface area contributed by atoms with Gasteiger partial charge in [0.05, 0.1) is 23.6 Å². The zero-order valence-corrected chi connectivity index (χ0v) is 17.9. The van der Waals surface area contributed by atoms with Crippen molar-refractivity contribution in [3.05, 3.63) is 70.7 Å². The molecule has 2 aromatic carbocycles. The summed E-state index contributed by atoms with van der Waals surface area (Å²) in [5.41, 5.74) is 2.35. The summed E-state index contributed by atoms with van der Waals surface area (Å²) in [5, 5.41) is 1.66. The highest BCUT2D eigenvalue weighted by molar-refractivity contribution is 8.13. The number of halogens is 1. The number of sulfone groups is 1. The maximum absolute atomic E-state index is 12.1. The third-order valence-corrected chi connectivity index (χ3v) is 8.36. The van der Waals surface area contributed by atoms with Crippen LogP contribution in [0.15, 0.2) is 59.6 Å². The highest BCUT2D eigenvalue weighted by Gasteiger charge is 2.46. The smallest absolute Gasteiger partial charge is 0.160 e. The van der Waals surface area contributed by atoms with Crippen LogP contribution in [0.25, 0.3) is 0 Å². The van der Waals surface area contributed by atoms with Gasteiger partial charge < -0.3 is 4.90 Å². The maximum atomic E-state index is 12.1. The predicted molar refractivity (Wildman–Crippen MR) is 118 cm³/mol. The Bertz CT molecular complexity index is 963. The number of hydrogen-bond acceptors (Lipinski definition) is 5. The first-order valence-electron chi connectivity index (χ1n) is 9.47. The fourth-order valence-corrected chi connectivity index (χ4v) is 6.91. The number of amidine groups is 1. The molecule has 4 nitrogen and oxygen atoms in total. The van der Waals surface area contributed by atoms with Crippen molar-refractivity contribution in [2.75, 3.05) is 17.3 Å². The van der Waals surface area contributed by atoms with Crippen molar-refractivity contribution in [1.29, 1.82) is 0 Å². The maximum Gasteiger partial charge on any atom is 0.160 e. The molecule has 0 amide bonds. The van der Waals surface area contributed by atoms with Crippen molar-refractivity contribution in [2.45, 2.75) is 31.5 Å². The van der Waals surface area contributed by atoms with Gasteiger partial charge in [-0.3, -0.25) is 4.99 Å². The van der Waals surface area contributed by atoms with Gasteiger partial charge in [0.25, 0.3) is 0 Å². The third-order valence-electron chi connectivity index (χ3n) is 5.20. The predicted octanol–water partition coefficient (Wildman–Crippen LogP) is 4.04. The minimum Gasteiger partial charge on any atom is -0.341 e. The Hall–Kier alpha value is -1.50. The van der Waals surface area contributed by atoms with Crippen LogP contribution in [0.3, 0.4) is 0 Å². The average molecular weight is 435 g/mol. The number of hydrogen-bond donors (Lipinski definition) is 0. The van der Waals surface area contributed by atoms with Crippen LogP contribution >= 0.6 is 23.4 Å². The monoisotopic (exact) mass is 434 g/mol. The van der Waals surface area contributed by atoms with Crippen molar-refractivity contribution in [3.63, 3.8) is 0 Å². The van der Waals surface area contributed by atoms with Crippen LogP contribution in [0.1, 0.15) is 17.5 Å². The lowest BCUT2D eigenvalue weighted by Crippen LogP contribution is -2.38. The van der Waals surface area contributed by atoms with Crippen molar-refractivity contribution in [2.24, 2.45) is 4.99 Å². The average Bonchev–Trinajstić information content (AvgIpc) is 3.13. The molecule has 0 saturated carbocycles. The van der Waals surface area contributed by atoms with E-state index in [1.165, 1.54) is 5.56 Å². The van der Waals surface area contributed by atoms with Gasteiger partial charge in [-0.2, -0.15) is 0 Å². The van der Waals surface area contributed by atoms with E-state index in [1.54, 1.807) is 11.8 Å². The number of nitrogens with zero attached hydrogens (tertiary/aromatic N) is 2. The standard InChI is InChI=1S/C21H23ClN2O2S2/c22-18-11-5-4-10-17(18)13-24-20-15-28(25,26)14-19(20)23-21(24)27-12-6-9-16-7-2-1-3-8-16/h1-5,7-8,10-11,19-20H,6,9,12-15H2/t19-,20-/m1/s1. The van der Waals surface area contributed by atoms with Gasteiger partial charge in [-0.15, -0.1) is 0 Å². The van der Waals surface area contributed by atoms with Crippen LogP contribution in [0, 0.1) is 0 Å². The van der Waals surface area contributed by atoms with Gasteiger partial charge in [-0.05, 0) is 30.0 Å². The fraction of sp³-hybridized carbons (Fsp3) is 0.381. The van der Waals surface area contributed by atoms with Gasteiger partial charge in [0.1, 0.15) is 0 Å². The molecule has 2 atom stereocenters. The minimum absolute atomic E-state index is 0.0714. The van der Waals surface area contributed by atoms with E-state index in [0.717, 1.165) is 29.3 Å². The number of aliphatic imine (C=N–C) groups is 1. The van der Waals surface area contributed by atoms with E-state index >= 15 is 0 Å². The van der Waals surface area contributed by atoms with Gasteiger partial charge >= 0.3 is 0 Å². The zero-order chi connectivity index (χ0) is 19.6. The number of thioether (sulfide) groups is 1. The molecule has 0 aliphatic carbocycles. The van der Waals surface area contributed by atoms with E-state index in [2.05, 4.69) is 29.2 Å². The van der Waals surface area contributed by atoms with Crippen LogP contribution in [0.4, 0.5) is 0 Å². The second kappa shape index (κ2) is 8.47. The molecular formula is C21H23ClN2O2S2. The topological polar surface area (TPSA) is 49.7 Å². The molecule has 148 valence electrons. The van der Waals surface area contributed by atoms with E-state index in [9.17, 15) is 8.42 Å². The molecule has 1 fully saturated rings. The summed E-state index contributed by atoms with van der Waals surface area (Å²) in [6, 6.07) is 18.0. The summed E-state index contributed by atoms with van der Waals surface area (Å²) >= 11 is 8.08. The molecule has 4 rings (SSSR count). The summed E-state index contributed by atoms with van der Waals surface area (Å²) < 4.78 is 24.2. The lowest BCUT2D eigenvalue weighted by Gasteiger charge is -2.27. The Morgan fingerprint density at radius 1 is 1.07 bits per heavy atom. The number of fused-ring (bicyclic) bond motifs is 1. The summed E-state index contributed by atoms with van der Waals surface area (Å²) in [5.74, 6) is 1.30. The molecule has 0 N–H and O–H groups in total. The largest absolute Gasteiger partial charge is 0.341 e. The zero-order valence-electron chi connectivity index (χ0n) is 15.5. The van der Waals surface area contributed by atoms with Crippen LogP contribution in [0.2, 0.25) is 5.02 Å². The van der Waals surface area contributed by atoms with Gasteiger partial charge in [-0.1, -0.05) is 71.9 Å². The molecule has 0 unspecified atom stereocenters. The third kappa shape index (κ3) is 4.56. The summed E-state index contributed by atoms with van der Waals surface area (Å²) in [4.78, 5) is 6.94. The van der Waals surface area contributed by atoms with Crippen molar-refractivity contribution in [3.8, 4) is 0 Å². The summed E-state index contributed by atoms with van der Waals surface area (Å²) in [6.45, 7) is 0.598. The van der Waals surface area contributed by atoms with E-state index in [4.69, 9.17) is 16.6 Å². The number of rotatable bonds is 6. The Morgan fingerprint density at radius 3 is 2.61 bits per heavy atom. The lowest BCUT2D eigenvalue weighted by atomic mass is 10.1. The fourth-order valence-electron chi connectivity index (χ4n) is 3.79. The molecule has 2 aliphatic rings. The summed E-state index contributed by atoms with van der Waals surface area (Å²) in [7, 11) is -3.02. The highest BCUT2D eigenvalue weighted by atomic mass is 35.5. The molecule has 7 heteroatoms. The Kier molecular flexibility index (Phi) is 5.99. The molecule has 2 heterocycles. The molecule has 1 saturated heterocycles. The van der Waals surface area contributed by atoms with Crippen LogP contribution < -0.4 is 0 Å². The van der Waals surface area contributed by atoms with Gasteiger partial charge in [0.2, 0.25) is 0 Å². The molecule has 2 aliphatic heterocycles. The van der Waals surface area contributed by atoms with E-state index < -0.39 is 9.84 Å². The second-order valence-corrected chi connectivity index (χ2v) is 10.9. The molecule has 0 aromatic heterocycles. The molecular weight excluding hydrogens is 412 g/mol. The molecule has 0 bridgehead atoms. The normalized spacial score (nSPS) is 22.9. The van der Waals surface area contributed by atoms with E-state index in [0.29, 0.717) is 11.6 Å². The highest BCUT2D eigenvalue weighted by Crippen LogP contribution is 2.33. The van der Waals surface area contributed by atoms with Crippen LogP contribution in [0.5, 0.6) is 0 Å². The molecule has 28 heavy (non-hydrogen) atoms. The first-order chi connectivity index (χ1) is 13.5. The van der Waals surface area contributed by atoms with Crippen molar-refractivity contribution >= 4 is 38.4 Å². The second-order valence-electron chi connectivity index (χ2n) is 7.28. The number of benzene rings is 2. The van der Waals surface area contributed by atoms with Crippen molar-refractivity contribution in [1.82, 2.24) is 4.90 Å². The minimum atomic E-state index is -3.02. The van der Waals surface area contributed by atoms with Gasteiger partial charge in [0, 0.05) is 17.3 Å². The van der Waals surface area contributed by atoms with E-state index in [-0.39, 0.29) is 23.6 Å². The van der Waals surface area contributed by atoms with Crippen molar-refractivity contribution < 1.29 is 8.42 Å². The molecule has 2 aromatic rings. The SMILES string of the molecule is O=S1(=O)C[C@@H]2[C@@H](C1)N=C(SCCCc1ccccc1)N2Cc1ccccc1Cl. The molecule has 0 radical (unpaired) electrons. The Morgan fingerprint density at radius 2 is 1.82 bits per heavy atom.